The summed E-state index contributed by atoms with van der Waals surface area (Å²) in [4.78, 5) is 0. The highest BCUT2D eigenvalue weighted by Crippen LogP contribution is 2.38. The van der Waals surface area contributed by atoms with Gasteiger partial charge in [0.15, 0.2) is 0 Å². The summed E-state index contributed by atoms with van der Waals surface area (Å²) in [7, 11) is 1.54. The summed E-state index contributed by atoms with van der Waals surface area (Å²) in [6.07, 6.45) is -0.691. The first-order valence-electron chi connectivity index (χ1n) is 4.91. The molecule has 1 aromatic carbocycles. The summed E-state index contributed by atoms with van der Waals surface area (Å²) in [5.74, 6) is 0.647. The Bertz CT molecular complexity index is 339. The van der Waals surface area contributed by atoms with Gasteiger partial charge in [0, 0.05) is 11.6 Å². The number of methoxy groups -OCH3 is 1. The molecule has 0 fully saturated rings. The lowest BCUT2D eigenvalue weighted by Crippen LogP contribution is -2.17. The zero-order chi connectivity index (χ0) is 11.6. The lowest BCUT2D eigenvalue weighted by molar-refractivity contribution is 0.0604. The molecule has 0 heterocycles. The van der Waals surface area contributed by atoms with Gasteiger partial charge < -0.3 is 14.9 Å². The van der Waals surface area contributed by atoms with E-state index in [1.165, 1.54) is 13.2 Å². The van der Waals surface area contributed by atoms with E-state index in [-0.39, 0.29) is 11.2 Å². The highest BCUT2D eigenvalue weighted by molar-refractivity contribution is 5.41. The van der Waals surface area contributed by atoms with Crippen LogP contribution in [0.15, 0.2) is 18.2 Å². The second-order valence-corrected chi connectivity index (χ2v) is 4.69. The lowest BCUT2D eigenvalue weighted by atomic mass is 9.84. The van der Waals surface area contributed by atoms with Crippen molar-refractivity contribution in [3.05, 3.63) is 23.8 Å². The van der Waals surface area contributed by atoms with Crippen molar-refractivity contribution in [1.82, 2.24) is 0 Å². The van der Waals surface area contributed by atoms with Gasteiger partial charge in [0.05, 0.1) is 13.2 Å². The number of phenolic OH excluding ortho intramolecular Hbond substituents is 1. The quantitative estimate of drug-likeness (QED) is 0.788. The molecular formula is C12H18O3. The Labute approximate surface area is 90.3 Å². The normalized spacial score (nSPS) is 13.7. The second kappa shape index (κ2) is 4.11. The van der Waals surface area contributed by atoms with Crippen molar-refractivity contribution in [2.75, 3.05) is 7.11 Å². The predicted octanol–water partition coefficient (Wildman–Crippen LogP) is 2.48. The highest BCUT2D eigenvalue weighted by atomic mass is 16.5. The smallest absolute Gasteiger partial charge is 0.125 e. The number of benzene rings is 1. The van der Waals surface area contributed by atoms with Crippen molar-refractivity contribution in [2.24, 2.45) is 5.41 Å². The minimum absolute atomic E-state index is 0.0665. The van der Waals surface area contributed by atoms with Gasteiger partial charge in [0.2, 0.25) is 0 Å². The fourth-order valence-corrected chi connectivity index (χ4v) is 1.35. The van der Waals surface area contributed by atoms with Crippen LogP contribution < -0.4 is 4.74 Å². The van der Waals surface area contributed by atoms with Crippen LogP contribution in [0.1, 0.15) is 32.4 Å². The van der Waals surface area contributed by atoms with Gasteiger partial charge in [-0.05, 0) is 17.5 Å². The summed E-state index contributed by atoms with van der Waals surface area (Å²) in [5.41, 5.74) is 0.231. The first-order chi connectivity index (χ1) is 6.86. The maximum atomic E-state index is 10.0. The molecule has 1 rings (SSSR count). The van der Waals surface area contributed by atoms with Gasteiger partial charge in [0.25, 0.3) is 0 Å². The van der Waals surface area contributed by atoms with E-state index in [0.717, 1.165) is 0 Å². The molecule has 0 spiro atoms. The molecule has 0 radical (unpaired) electrons. The van der Waals surface area contributed by atoms with Crippen LogP contribution in [0, 0.1) is 5.41 Å². The molecule has 1 aromatic rings. The minimum Gasteiger partial charge on any atom is -0.507 e. The van der Waals surface area contributed by atoms with Gasteiger partial charge >= 0.3 is 0 Å². The predicted molar refractivity (Wildman–Crippen MR) is 59.1 cm³/mol. The molecule has 2 N–H and O–H groups in total. The maximum absolute atomic E-state index is 10.0. The molecule has 0 amide bonds. The zero-order valence-electron chi connectivity index (χ0n) is 9.61. The molecule has 1 atom stereocenters. The summed E-state index contributed by atoms with van der Waals surface area (Å²) in [6, 6.07) is 4.92. The van der Waals surface area contributed by atoms with E-state index in [4.69, 9.17) is 4.74 Å². The standard InChI is InChI=1S/C12H18O3/c1-12(2,3)11(14)9-6-5-8(15-4)7-10(9)13/h5-7,11,13-14H,1-4H3/t11-/m1/s1. The maximum Gasteiger partial charge on any atom is 0.125 e. The molecule has 0 aliphatic heterocycles. The molecule has 0 bridgehead atoms. The molecule has 0 unspecified atom stereocenters. The van der Waals surface area contributed by atoms with E-state index < -0.39 is 6.10 Å². The first kappa shape index (κ1) is 11.9. The summed E-state index contributed by atoms with van der Waals surface area (Å²) < 4.78 is 4.97. The van der Waals surface area contributed by atoms with Crippen LogP contribution in [-0.4, -0.2) is 17.3 Å². The van der Waals surface area contributed by atoms with Crippen LogP contribution in [-0.2, 0) is 0 Å². The summed E-state index contributed by atoms with van der Waals surface area (Å²) >= 11 is 0. The average Bonchev–Trinajstić information content (AvgIpc) is 2.15. The van der Waals surface area contributed by atoms with E-state index in [1.807, 2.05) is 20.8 Å². The van der Waals surface area contributed by atoms with Gasteiger partial charge in [0.1, 0.15) is 11.5 Å². The van der Waals surface area contributed by atoms with Crippen molar-refractivity contribution in [3.8, 4) is 11.5 Å². The van der Waals surface area contributed by atoms with E-state index in [2.05, 4.69) is 0 Å². The van der Waals surface area contributed by atoms with E-state index in [1.54, 1.807) is 12.1 Å². The number of phenols is 1. The molecule has 15 heavy (non-hydrogen) atoms. The molecule has 0 aliphatic carbocycles. The number of hydrogen-bond donors (Lipinski definition) is 2. The Balaban J connectivity index is 3.06. The largest absolute Gasteiger partial charge is 0.507 e. The fraction of sp³-hybridized carbons (Fsp3) is 0.500. The minimum atomic E-state index is -0.691. The first-order valence-corrected chi connectivity index (χ1v) is 4.91. The van der Waals surface area contributed by atoms with Gasteiger partial charge in [-0.1, -0.05) is 20.8 Å². The number of aliphatic hydroxyl groups excluding tert-OH is 1. The third kappa shape index (κ3) is 2.63. The summed E-state index contributed by atoms with van der Waals surface area (Å²) in [5, 5.41) is 19.7. The van der Waals surface area contributed by atoms with Gasteiger partial charge in [-0.2, -0.15) is 0 Å². The van der Waals surface area contributed by atoms with Crippen LogP contribution in [0.25, 0.3) is 0 Å². The van der Waals surface area contributed by atoms with E-state index >= 15 is 0 Å². The molecule has 0 aromatic heterocycles. The van der Waals surface area contributed by atoms with Crippen molar-refractivity contribution >= 4 is 0 Å². The van der Waals surface area contributed by atoms with Crippen LogP contribution >= 0.6 is 0 Å². The Morgan fingerprint density at radius 1 is 1.27 bits per heavy atom. The lowest BCUT2D eigenvalue weighted by Gasteiger charge is -2.26. The van der Waals surface area contributed by atoms with Crippen LogP contribution in [0.4, 0.5) is 0 Å². The Morgan fingerprint density at radius 2 is 1.87 bits per heavy atom. The van der Waals surface area contributed by atoms with E-state index in [0.29, 0.717) is 11.3 Å². The van der Waals surface area contributed by atoms with Crippen molar-refractivity contribution in [2.45, 2.75) is 26.9 Å². The molecule has 0 aliphatic rings. The number of aliphatic hydroxyl groups is 1. The topological polar surface area (TPSA) is 49.7 Å². The third-order valence-electron chi connectivity index (χ3n) is 2.35. The van der Waals surface area contributed by atoms with Crippen LogP contribution in [0.2, 0.25) is 0 Å². The van der Waals surface area contributed by atoms with Gasteiger partial charge in [-0.3, -0.25) is 0 Å². The number of hydrogen-bond acceptors (Lipinski definition) is 3. The van der Waals surface area contributed by atoms with Crippen LogP contribution in [0.5, 0.6) is 11.5 Å². The SMILES string of the molecule is COc1ccc([C@@H](O)C(C)(C)C)c(O)c1. The molecule has 3 heteroatoms. The van der Waals surface area contributed by atoms with Gasteiger partial charge in [-0.15, -0.1) is 0 Å². The Morgan fingerprint density at radius 3 is 2.27 bits per heavy atom. The second-order valence-electron chi connectivity index (χ2n) is 4.69. The summed E-state index contributed by atoms with van der Waals surface area (Å²) in [6.45, 7) is 5.75. The van der Waals surface area contributed by atoms with Crippen molar-refractivity contribution in [1.29, 1.82) is 0 Å². The number of ether oxygens (including phenoxy) is 1. The molecule has 0 saturated carbocycles. The zero-order valence-corrected chi connectivity index (χ0v) is 9.61. The molecular weight excluding hydrogens is 192 g/mol. The fourth-order valence-electron chi connectivity index (χ4n) is 1.35. The molecule has 84 valence electrons. The molecule has 3 nitrogen and oxygen atoms in total. The van der Waals surface area contributed by atoms with E-state index in [9.17, 15) is 10.2 Å². The Hall–Kier alpha value is -1.22. The average molecular weight is 210 g/mol. The van der Waals surface area contributed by atoms with Gasteiger partial charge in [-0.25, -0.2) is 0 Å². The molecule has 0 saturated heterocycles. The number of aromatic hydroxyl groups is 1. The monoisotopic (exact) mass is 210 g/mol. The highest BCUT2D eigenvalue weighted by Gasteiger charge is 2.26. The Kier molecular flexibility index (Phi) is 3.25. The third-order valence-corrected chi connectivity index (χ3v) is 2.35. The van der Waals surface area contributed by atoms with Crippen molar-refractivity contribution < 1.29 is 14.9 Å². The van der Waals surface area contributed by atoms with Crippen LogP contribution in [0.3, 0.4) is 0 Å². The number of rotatable bonds is 2. The van der Waals surface area contributed by atoms with Crippen molar-refractivity contribution in [3.63, 3.8) is 0 Å².